The number of benzene rings is 2. The maximum absolute atomic E-state index is 11.4. The number of halogens is 1. The Bertz CT molecular complexity index is 1030. The molecule has 0 radical (unpaired) electrons. The quantitative estimate of drug-likeness (QED) is 0.548. The van der Waals surface area contributed by atoms with Crippen LogP contribution < -0.4 is 4.74 Å². The van der Waals surface area contributed by atoms with Gasteiger partial charge >= 0.3 is 12.1 Å². The Morgan fingerprint density at radius 3 is 2.34 bits per heavy atom. The van der Waals surface area contributed by atoms with Gasteiger partial charge in [-0.2, -0.15) is 0 Å². The Morgan fingerprint density at radius 1 is 1.09 bits per heavy atom. The number of carboxylic acid groups (broad SMARTS) is 2. The lowest BCUT2D eigenvalue weighted by atomic mass is 9.70. The molecular formula is C27H33ClN2O5. The minimum atomic E-state index is -1.26. The molecule has 2 atom stereocenters. The number of nitrogens with zero attached hydrogens (tertiary/aromatic N) is 2. The lowest BCUT2D eigenvalue weighted by molar-refractivity contribution is -0.141. The van der Waals surface area contributed by atoms with Crippen molar-refractivity contribution in [1.82, 2.24) is 9.80 Å². The Labute approximate surface area is 211 Å². The van der Waals surface area contributed by atoms with Crippen LogP contribution >= 0.6 is 11.6 Å². The highest BCUT2D eigenvalue weighted by atomic mass is 35.5. The maximum atomic E-state index is 11.4. The Hall–Kier alpha value is -2.77. The molecule has 2 aromatic rings. The third-order valence-corrected chi connectivity index (χ3v) is 8.17. The number of carbonyl (C=O) groups is 2. The van der Waals surface area contributed by atoms with Gasteiger partial charge in [0.2, 0.25) is 0 Å². The van der Waals surface area contributed by atoms with E-state index in [9.17, 15) is 19.8 Å². The standard InChI is InChI=1S/C27H33ClN2O5/c1-29(2)27(20-8-4-3-5-9-20)13-11-18(12-14-27)15-19-7-6-10-23(24(19)28)35-21-16-22(25(31)32)30(17-21)26(33)34/h3-10,18,21-22H,11-17H2,1-2H3,(H,31,32)(H,33,34)/t18?,21-,22-,27?/m0/s1. The van der Waals surface area contributed by atoms with Gasteiger partial charge in [0.05, 0.1) is 11.6 Å². The fraction of sp³-hybridized carbons (Fsp3) is 0.481. The molecule has 188 valence electrons. The molecule has 35 heavy (non-hydrogen) atoms. The zero-order valence-corrected chi connectivity index (χ0v) is 20.9. The number of carboxylic acids is 1. The molecule has 2 aromatic carbocycles. The van der Waals surface area contributed by atoms with Gasteiger partial charge in [-0.1, -0.05) is 54.1 Å². The van der Waals surface area contributed by atoms with Crippen LogP contribution in [0.3, 0.4) is 0 Å². The topological polar surface area (TPSA) is 90.3 Å². The van der Waals surface area contributed by atoms with Crippen molar-refractivity contribution in [1.29, 1.82) is 0 Å². The van der Waals surface area contributed by atoms with Crippen molar-refractivity contribution < 1.29 is 24.5 Å². The van der Waals surface area contributed by atoms with E-state index >= 15 is 0 Å². The van der Waals surface area contributed by atoms with Crippen LogP contribution in [-0.2, 0) is 16.8 Å². The first-order valence-corrected chi connectivity index (χ1v) is 12.5. The van der Waals surface area contributed by atoms with E-state index in [1.165, 1.54) is 5.56 Å². The number of ether oxygens (including phenoxy) is 1. The molecule has 0 spiro atoms. The summed E-state index contributed by atoms with van der Waals surface area (Å²) >= 11 is 6.73. The largest absolute Gasteiger partial charge is 0.487 e. The predicted octanol–water partition coefficient (Wildman–Crippen LogP) is 5.11. The lowest BCUT2D eigenvalue weighted by Crippen LogP contribution is -2.44. The van der Waals surface area contributed by atoms with Crippen molar-refractivity contribution in [3.63, 3.8) is 0 Å². The van der Waals surface area contributed by atoms with Gasteiger partial charge in [-0.15, -0.1) is 0 Å². The van der Waals surface area contributed by atoms with E-state index < -0.39 is 24.2 Å². The van der Waals surface area contributed by atoms with Crippen LogP contribution in [0.5, 0.6) is 5.75 Å². The van der Waals surface area contributed by atoms with E-state index in [0.29, 0.717) is 16.7 Å². The second-order valence-corrected chi connectivity index (χ2v) is 10.3. The van der Waals surface area contributed by atoms with Gasteiger partial charge in [0.1, 0.15) is 17.9 Å². The lowest BCUT2D eigenvalue weighted by Gasteiger charge is -2.45. The van der Waals surface area contributed by atoms with Crippen LogP contribution in [-0.4, -0.2) is 64.9 Å². The number of hydrogen-bond donors (Lipinski definition) is 2. The average Bonchev–Trinajstić information content (AvgIpc) is 3.27. The van der Waals surface area contributed by atoms with Gasteiger partial charge < -0.3 is 14.9 Å². The molecule has 1 saturated carbocycles. The summed E-state index contributed by atoms with van der Waals surface area (Å²) in [5, 5.41) is 19.2. The van der Waals surface area contributed by atoms with Crippen LogP contribution in [0.2, 0.25) is 5.02 Å². The molecule has 2 aliphatic rings. The highest BCUT2D eigenvalue weighted by Gasteiger charge is 2.41. The monoisotopic (exact) mass is 500 g/mol. The Kier molecular flexibility index (Phi) is 7.57. The number of rotatable bonds is 7. The second-order valence-electron chi connectivity index (χ2n) is 9.93. The van der Waals surface area contributed by atoms with Gasteiger partial charge in [0, 0.05) is 12.0 Å². The van der Waals surface area contributed by atoms with E-state index in [4.69, 9.17) is 16.3 Å². The summed E-state index contributed by atoms with van der Waals surface area (Å²) in [5.74, 6) is -0.182. The normalized spacial score (nSPS) is 26.6. The van der Waals surface area contributed by atoms with Gasteiger partial charge in [0.15, 0.2) is 0 Å². The number of amides is 1. The molecule has 7 nitrogen and oxygen atoms in total. The van der Waals surface area contributed by atoms with Crippen LogP contribution in [0.4, 0.5) is 4.79 Å². The van der Waals surface area contributed by atoms with Gasteiger partial charge in [-0.25, -0.2) is 9.59 Å². The molecule has 8 heteroatoms. The molecule has 0 aromatic heterocycles. The van der Waals surface area contributed by atoms with Crippen molar-refractivity contribution in [2.75, 3.05) is 20.6 Å². The molecule has 1 aliphatic heterocycles. The molecule has 1 heterocycles. The van der Waals surface area contributed by atoms with Gasteiger partial charge in [0.25, 0.3) is 0 Å². The summed E-state index contributed by atoms with van der Waals surface area (Å²) in [4.78, 5) is 26.1. The average molecular weight is 501 g/mol. The molecule has 2 fully saturated rings. The van der Waals surface area contributed by atoms with Crippen molar-refractivity contribution in [3.05, 3.63) is 64.7 Å². The summed E-state index contributed by atoms with van der Waals surface area (Å²) in [6.07, 6.45) is 3.45. The Balaban J connectivity index is 1.42. The SMILES string of the molecule is CN(C)C1(c2ccccc2)CCC(Cc2cccc(O[C@H]3C[C@@H](C(=O)O)N(C(=O)O)C3)c2Cl)CC1. The van der Waals surface area contributed by atoms with Crippen LogP contribution in [0, 0.1) is 5.92 Å². The van der Waals surface area contributed by atoms with Crippen molar-refractivity contribution in [2.45, 2.75) is 56.2 Å². The van der Waals surface area contributed by atoms with Gasteiger partial charge in [-0.3, -0.25) is 9.80 Å². The summed E-state index contributed by atoms with van der Waals surface area (Å²) in [6, 6.07) is 15.3. The summed E-state index contributed by atoms with van der Waals surface area (Å²) < 4.78 is 6.01. The van der Waals surface area contributed by atoms with Gasteiger partial charge in [-0.05, 0) is 69.3 Å². The summed E-state index contributed by atoms with van der Waals surface area (Å²) in [5.41, 5.74) is 2.42. The second kappa shape index (κ2) is 10.5. The highest BCUT2D eigenvalue weighted by molar-refractivity contribution is 6.32. The molecule has 2 N–H and O–H groups in total. The van der Waals surface area contributed by atoms with E-state index in [0.717, 1.165) is 42.6 Å². The number of aliphatic carboxylic acids is 1. The molecule has 1 aliphatic carbocycles. The van der Waals surface area contributed by atoms with E-state index in [2.05, 4.69) is 49.3 Å². The smallest absolute Gasteiger partial charge is 0.408 e. The number of likely N-dealkylation sites (tertiary alicyclic amines) is 1. The molecular weight excluding hydrogens is 468 g/mol. The molecule has 1 amide bonds. The van der Waals surface area contributed by atoms with Crippen LogP contribution in [0.15, 0.2) is 48.5 Å². The zero-order valence-electron chi connectivity index (χ0n) is 20.2. The van der Waals surface area contributed by atoms with Crippen LogP contribution in [0.1, 0.15) is 43.2 Å². The van der Waals surface area contributed by atoms with Crippen molar-refractivity contribution in [3.8, 4) is 5.75 Å². The fourth-order valence-corrected chi connectivity index (χ4v) is 5.97. The molecule has 1 saturated heterocycles. The Morgan fingerprint density at radius 2 is 1.77 bits per heavy atom. The first-order valence-electron chi connectivity index (χ1n) is 12.1. The van der Waals surface area contributed by atoms with Crippen molar-refractivity contribution >= 4 is 23.7 Å². The first-order chi connectivity index (χ1) is 16.7. The third-order valence-electron chi connectivity index (χ3n) is 7.74. The minimum absolute atomic E-state index is 0.00157. The molecule has 4 rings (SSSR count). The van der Waals surface area contributed by atoms with E-state index in [-0.39, 0.29) is 18.5 Å². The van der Waals surface area contributed by atoms with Crippen LogP contribution in [0.25, 0.3) is 0 Å². The molecule has 0 bridgehead atoms. The minimum Gasteiger partial charge on any atom is -0.487 e. The highest BCUT2D eigenvalue weighted by Crippen LogP contribution is 2.44. The van der Waals surface area contributed by atoms with E-state index in [1.54, 1.807) is 6.07 Å². The van der Waals surface area contributed by atoms with Crippen molar-refractivity contribution in [2.24, 2.45) is 5.92 Å². The third kappa shape index (κ3) is 5.26. The maximum Gasteiger partial charge on any atom is 0.408 e. The predicted molar refractivity (Wildman–Crippen MR) is 134 cm³/mol. The van der Waals surface area contributed by atoms with E-state index in [1.807, 2.05) is 12.1 Å². The molecule has 0 unspecified atom stereocenters. The fourth-order valence-electron chi connectivity index (χ4n) is 5.73. The number of hydrogen-bond acceptors (Lipinski definition) is 4. The zero-order chi connectivity index (χ0) is 25.2. The first kappa shape index (κ1) is 25.3. The summed E-state index contributed by atoms with van der Waals surface area (Å²) in [7, 11) is 4.32. The summed E-state index contributed by atoms with van der Waals surface area (Å²) in [6.45, 7) is 0.00157.